The first-order valence-electron chi connectivity index (χ1n) is 4.98. The summed E-state index contributed by atoms with van der Waals surface area (Å²) in [6.45, 7) is 9.45. The molecule has 0 saturated heterocycles. The van der Waals surface area contributed by atoms with Crippen LogP contribution in [-0.4, -0.2) is 30.3 Å². The molecule has 0 heterocycles. The zero-order chi connectivity index (χ0) is 10.5. The Morgan fingerprint density at radius 3 is 2.23 bits per heavy atom. The molecular formula is C10H24N2O. The van der Waals surface area contributed by atoms with Gasteiger partial charge in [0.2, 0.25) is 0 Å². The van der Waals surface area contributed by atoms with Crippen molar-refractivity contribution < 1.29 is 5.11 Å². The molecule has 0 aromatic rings. The predicted octanol–water partition coefficient (Wildman–Crippen LogP) is 0.720. The van der Waals surface area contributed by atoms with E-state index in [1.54, 1.807) is 0 Å². The Balaban J connectivity index is 3.98. The van der Waals surface area contributed by atoms with Gasteiger partial charge in [0.05, 0.1) is 0 Å². The summed E-state index contributed by atoms with van der Waals surface area (Å²) in [6.07, 6.45) is 0.784. The van der Waals surface area contributed by atoms with Crippen molar-refractivity contribution >= 4 is 0 Å². The van der Waals surface area contributed by atoms with Crippen molar-refractivity contribution in [2.45, 2.75) is 46.2 Å². The van der Waals surface area contributed by atoms with Crippen LogP contribution < -0.4 is 11.1 Å². The van der Waals surface area contributed by atoms with Crippen LogP contribution in [0.5, 0.6) is 0 Å². The molecule has 2 atom stereocenters. The Labute approximate surface area is 81.7 Å². The van der Waals surface area contributed by atoms with Crippen LogP contribution in [0.25, 0.3) is 0 Å². The van der Waals surface area contributed by atoms with Gasteiger partial charge in [0.15, 0.2) is 0 Å². The molecule has 80 valence electrons. The third kappa shape index (κ3) is 5.24. The Hall–Kier alpha value is -0.120. The second-order valence-electron chi connectivity index (χ2n) is 4.73. The molecule has 0 aromatic heterocycles. The second-order valence-corrected chi connectivity index (χ2v) is 4.73. The SMILES string of the molecule is CC(CCO)NC(CN)C(C)(C)C. The minimum absolute atomic E-state index is 0.179. The normalized spacial score (nSPS) is 17.1. The smallest absolute Gasteiger partial charge is 0.0445 e. The van der Waals surface area contributed by atoms with E-state index in [0.717, 1.165) is 6.42 Å². The first-order valence-corrected chi connectivity index (χ1v) is 4.98. The largest absolute Gasteiger partial charge is 0.396 e. The fourth-order valence-electron chi connectivity index (χ4n) is 1.29. The van der Waals surface area contributed by atoms with Gasteiger partial charge in [0.1, 0.15) is 0 Å². The van der Waals surface area contributed by atoms with Crippen LogP contribution in [0, 0.1) is 5.41 Å². The van der Waals surface area contributed by atoms with Gasteiger partial charge in [-0.3, -0.25) is 0 Å². The van der Waals surface area contributed by atoms with Crippen LogP contribution in [0.2, 0.25) is 0 Å². The molecule has 4 N–H and O–H groups in total. The molecule has 3 heteroatoms. The van der Waals surface area contributed by atoms with Gasteiger partial charge in [-0.15, -0.1) is 0 Å². The van der Waals surface area contributed by atoms with E-state index in [1.807, 2.05) is 0 Å². The molecule has 2 unspecified atom stereocenters. The Kier molecular flexibility index (Phi) is 5.53. The zero-order valence-electron chi connectivity index (χ0n) is 9.30. The van der Waals surface area contributed by atoms with E-state index < -0.39 is 0 Å². The van der Waals surface area contributed by atoms with E-state index in [1.165, 1.54) is 0 Å². The fourth-order valence-corrected chi connectivity index (χ4v) is 1.29. The molecule has 0 aromatic carbocycles. The maximum absolute atomic E-state index is 8.75. The van der Waals surface area contributed by atoms with Crippen molar-refractivity contribution in [1.82, 2.24) is 5.32 Å². The molecule has 3 nitrogen and oxygen atoms in total. The monoisotopic (exact) mass is 188 g/mol. The maximum atomic E-state index is 8.75. The lowest BCUT2D eigenvalue weighted by Gasteiger charge is -2.33. The molecular weight excluding hydrogens is 164 g/mol. The van der Waals surface area contributed by atoms with Crippen molar-refractivity contribution in [2.24, 2.45) is 11.1 Å². The lowest BCUT2D eigenvalue weighted by Crippen LogP contribution is -2.49. The molecule has 0 saturated carbocycles. The lowest BCUT2D eigenvalue weighted by atomic mass is 9.86. The van der Waals surface area contributed by atoms with E-state index in [4.69, 9.17) is 10.8 Å². The van der Waals surface area contributed by atoms with Crippen molar-refractivity contribution in [2.75, 3.05) is 13.2 Å². The van der Waals surface area contributed by atoms with Crippen LogP contribution in [0.15, 0.2) is 0 Å². The molecule has 13 heavy (non-hydrogen) atoms. The van der Waals surface area contributed by atoms with Gasteiger partial charge in [-0.1, -0.05) is 20.8 Å². The number of nitrogens with two attached hydrogens (primary N) is 1. The Bertz CT molecular complexity index is 131. The molecule has 0 bridgehead atoms. The van der Waals surface area contributed by atoms with Crippen LogP contribution >= 0.6 is 0 Å². The summed E-state index contributed by atoms with van der Waals surface area (Å²) in [5.74, 6) is 0. The predicted molar refractivity (Wildman–Crippen MR) is 56.6 cm³/mol. The highest BCUT2D eigenvalue weighted by molar-refractivity contribution is 4.83. The summed E-state index contributed by atoms with van der Waals surface area (Å²) in [4.78, 5) is 0. The number of aliphatic hydroxyl groups is 1. The van der Waals surface area contributed by atoms with Gasteiger partial charge in [0.25, 0.3) is 0 Å². The minimum Gasteiger partial charge on any atom is -0.396 e. The number of hydrogen-bond acceptors (Lipinski definition) is 3. The van der Waals surface area contributed by atoms with Crippen molar-refractivity contribution in [1.29, 1.82) is 0 Å². The van der Waals surface area contributed by atoms with E-state index in [0.29, 0.717) is 18.6 Å². The van der Waals surface area contributed by atoms with Gasteiger partial charge in [0, 0.05) is 25.2 Å². The molecule has 0 aliphatic heterocycles. The summed E-state index contributed by atoms with van der Waals surface area (Å²) in [6, 6.07) is 0.645. The van der Waals surface area contributed by atoms with E-state index in [-0.39, 0.29) is 12.0 Å². The van der Waals surface area contributed by atoms with Gasteiger partial charge < -0.3 is 16.2 Å². The highest BCUT2D eigenvalue weighted by Crippen LogP contribution is 2.18. The molecule has 0 fully saturated rings. The van der Waals surface area contributed by atoms with Crippen LogP contribution in [-0.2, 0) is 0 Å². The fraction of sp³-hybridized carbons (Fsp3) is 1.00. The number of aliphatic hydroxyl groups excluding tert-OH is 1. The van der Waals surface area contributed by atoms with Crippen molar-refractivity contribution in [3.8, 4) is 0 Å². The third-order valence-electron chi connectivity index (χ3n) is 2.33. The van der Waals surface area contributed by atoms with Crippen molar-refractivity contribution in [3.05, 3.63) is 0 Å². The molecule has 0 aliphatic carbocycles. The number of nitrogens with one attached hydrogen (secondary N) is 1. The lowest BCUT2D eigenvalue weighted by molar-refractivity contribution is 0.223. The van der Waals surface area contributed by atoms with E-state index in [9.17, 15) is 0 Å². The number of rotatable bonds is 5. The summed E-state index contributed by atoms with van der Waals surface area (Å²) in [5.41, 5.74) is 5.86. The summed E-state index contributed by atoms with van der Waals surface area (Å²) in [5, 5.41) is 12.2. The van der Waals surface area contributed by atoms with E-state index >= 15 is 0 Å². The third-order valence-corrected chi connectivity index (χ3v) is 2.33. The van der Waals surface area contributed by atoms with Gasteiger partial charge in [-0.25, -0.2) is 0 Å². The topological polar surface area (TPSA) is 58.3 Å². The quantitative estimate of drug-likeness (QED) is 0.596. The summed E-state index contributed by atoms with van der Waals surface area (Å²) >= 11 is 0. The summed E-state index contributed by atoms with van der Waals surface area (Å²) < 4.78 is 0. The number of hydrogen-bond donors (Lipinski definition) is 3. The maximum Gasteiger partial charge on any atom is 0.0445 e. The minimum atomic E-state index is 0.179. The Morgan fingerprint density at radius 2 is 1.92 bits per heavy atom. The van der Waals surface area contributed by atoms with Crippen LogP contribution in [0.3, 0.4) is 0 Å². The van der Waals surface area contributed by atoms with Gasteiger partial charge in [-0.2, -0.15) is 0 Å². The molecule has 0 aliphatic rings. The molecule has 0 amide bonds. The first kappa shape index (κ1) is 12.9. The zero-order valence-corrected chi connectivity index (χ0v) is 9.30. The van der Waals surface area contributed by atoms with Crippen molar-refractivity contribution in [3.63, 3.8) is 0 Å². The molecule has 0 radical (unpaired) electrons. The van der Waals surface area contributed by atoms with E-state index in [2.05, 4.69) is 33.0 Å². The standard InChI is InChI=1S/C10H24N2O/c1-8(5-6-13)12-9(7-11)10(2,3)4/h8-9,12-13H,5-7,11H2,1-4H3. The summed E-state index contributed by atoms with van der Waals surface area (Å²) in [7, 11) is 0. The van der Waals surface area contributed by atoms with Gasteiger partial charge >= 0.3 is 0 Å². The molecule has 0 spiro atoms. The highest BCUT2D eigenvalue weighted by Gasteiger charge is 2.23. The average Bonchev–Trinajstić information content (AvgIpc) is 1.98. The first-order chi connectivity index (χ1) is 5.91. The second kappa shape index (κ2) is 5.58. The average molecular weight is 188 g/mol. The highest BCUT2D eigenvalue weighted by atomic mass is 16.3. The Morgan fingerprint density at radius 1 is 1.38 bits per heavy atom. The molecule has 0 rings (SSSR count). The van der Waals surface area contributed by atoms with Crippen LogP contribution in [0.1, 0.15) is 34.1 Å². The van der Waals surface area contributed by atoms with Gasteiger partial charge in [-0.05, 0) is 18.8 Å². The van der Waals surface area contributed by atoms with Crippen LogP contribution in [0.4, 0.5) is 0 Å².